The number of aromatic nitrogens is 3. The monoisotopic (exact) mass is 376 g/mol. The SMILES string of the molecule is C[C@H](NC(=O)c1c[nH]c2c(F)cc(F)cc2c1=O)c1nc(C(C)(C)C)no1. The zero-order valence-corrected chi connectivity index (χ0v) is 15.2. The molecule has 3 rings (SSSR count). The lowest BCUT2D eigenvalue weighted by molar-refractivity contribution is 0.0931. The molecule has 3 aromatic rings. The molecule has 0 saturated carbocycles. The highest BCUT2D eigenvalue weighted by molar-refractivity contribution is 5.97. The number of fused-ring (bicyclic) bond motifs is 1. The standard InChI is InChI=1S/C18H18F2N4O3/c1-8(16-23-17(24-27-16)18(2,3)4)22-15(26)11-7-21-13-10(14(11)25)5-9(19)6-12(13)20/h5-8H,1-4H3,(H,21,25)(H,22,26)/t8-/m0/s1. The Morgan fingerprint density at radius 3 is 2.63 bits per heavy atom. The average Bonchev–Trinajstić information content (AvgIpc) is 3.06. The van der Waals surface area contributed by atoms with Crippen molar-refractivity contribution in [2.24, 2.45) is 0 Å². The zero-order chi connectivity index (χ0) is 19.9. The van der Waals surface area contributed by atoms with E-state index in [0.29, 0.717) is 11.9 Å². The number of aromatic amines is 1. The summed E-state index contributed by atoms with van der Waals surface area (Å²) in [5.74, 6) is -1.89. The van der Waals surface area contributed by atoms with Crippen molar-refractivity contribution in [2.75, 3.05) is 0 Å². The van der Waals surface area contributed by atoms with Crippen molar-refractivity contribution in [3.63, 3.8) is 0 Å². The van der Waals surface area contributed by atoms with E-state index >= 15 is 0 Å². The van der Waals surface area contributed by atoms with Crippen molar-refractivity contribution in [3.8, 4) is 0 Å². The predicted octanol–water partition coefficient (Wildman–Crippen LogP) is 2.98. The number of hydrogen-bond donors (Lipinski definition) is 2. The fourth-order valence-electron chi connectivity index (χ4n) is 2.47. The Balaban J connectivity index is 1.89. The lowest BCUT2D eigenvalue weighted by Crippen LogP contribution is -2.31. The van der Waals surface area contributed by atoms with Gasteiger partial charge in [-0.1, -0.05) is 25.9 Å². The highest BCUT2D eigenvalue weighted by atomic mass is 19.1. The van der Waals surface area contributed by atoms with Crippen LogP contribution in [0.4, 0.5) is 8.78 Å². The lowest BCUT2D eigenvalue weighted by Gasteiger charge is -2.12. The smallest absolute Gasteiger partial charge is 0.257 e. The summed E-state index contributed by atoms with van der Waals surface area (Å²) >= 11 is 0. The maximum absolute atomic E-state index is 13.8. The van der Waals surface area contributed by atoms with E-state index in [1.54, 1.807) is 6.92 Å². The molecule has 7 nitrogen and oxygen atoms in total. The van der Waals surface area contributed by atoms with E-state index in [1.165, 1.54) is 0 Å². The number of pyridine rings is 1. The second kappa shape index (κ2) is 6.57. The first kappa shape index (κ1) is 18.7. The third-order valence-electron chi connectivity index (χ3n) is 3.98. The number of carbonyl (C=O) groups excluding carboxylic acids is 1. The molecule has 0 aliphatic rings. The van der Waals surface area contributed by atoms with Crippen LogP contribution in [-0.2, 0) is 5.41 Å². The van der Waals surface area contributed by atoms with Crippen molar-refractivity contribution < 1.29 is 18.1 Å². The number of H-pyrrole nitrogens is 1. The maximum Gasteiger partial charge on any atom is 0.257 e. The van der Waals surface area contributed by atoms with E-state index < -0.39 is 29.0 Å². The van der Waals surface area contributed by atoms with Gasteiger partial charge in [-0.05, 0) is 13.0 Å². The van der Waals surface area contributed by atoms with Crippen molar-refractivity contribution in [2.45, 2.75) is 39.2 Å². The lowest BCUT2D eigenvalue weighted by atomic mass is 9.96. The molecule has 1 aromatic carbocycles. The topological polar surface area (TPSA) is 101 Å². The van der Waals surface area contributed by atoms with Gasteiger partial charge < -0.3 is 14.8 Å². The summed E-state index contributed by atoms with van der Waals surface area (Å²) in [6.45, 7) is 7.36. The Hall–Kier alpha value is -3.10. The van der Waals surface area contributed by atoms with Crippen LogP contribution in [0.2, 0.25) is 0 Å². The first-order valence-electron chi connectivity index (χ1n) is 8.23. The highest BCUT2D eigenvalue weighted by Crippen LogP contribution is 2.21. The molecule has 0 spiro atoms. The number of hydrogen-bond acceptors (Lipinski definition) is 5. The minimum atomic E-state index is -0.914. The normalized spacial score (nSPS) is 13.0. The number of rotatable bonds is 3. The Morgan fingerprint density at radius 2 is 2.00 bits per heavy atom. The molecule has 142 valence electrons. The van der Waals surface area contributed by atoms with Crippen LogP contribution in [0, 0.1) is 11.6 Å². The largest absolute Gasteiger partial charge is 0.358 e. The van der Waals surface area contributed by atoms with Gasteiger partial charge in [-0.15, -0.1) is 0 Å². The fourth-order valence-corrected chi connectivity index (χ4v) is 2.47. The number of carbonyl (C=O) groups is 1. The minimum absolute atomic E-state index is 0.169. The molecule has 27 heavy (non-hydrogen) atoms. The summed E-state index contributed by atoms with van der Waals surface area (Å²) in [6.07, 6.45) is 1.09. The van der Waals surface area contributed by atoms with Gasteiger partial charge in [-0.25, -0.2) is 8.78 Å². The van der Waals surface area contributed by atoms with Crippen LogP contribution in [0.5, 0.6) is 0 Å². The number of benzene rings is 1. The molecule has 0 saturated heterocycles. The van der Waals surface area contributed by atoms with Gasteiger partial charge in [0, 0.05) is 17.7 Å². The molecule has 2 heterocycles. The summed E-state index contributed by atoms with van der Waals surface area (Å²) in [5.41, 5.74) is -1.56. The van der Waals surface area contributed by atoms with Gasteiger partial charge in [0.05, 0.1) is 10.9 Å². The second-order valence-electron chi connectivity index (χ2n) is 7.24. The van der Waals surface area contributed by atoms with Gasteiger partial charge in [-0.3, -0.25) is 9.59 Å². The van der Waals surface area contributed by atoms with Crippen LogP contribution in [0.25, 0.3) is 10.9 Å². The molecule has 0 bridgehead atoms. The van der Waals surface area contributed by atoms with Crippen molar-refractivity contribution >= 4 is 16.8 Å². The van der Waals surface area contributed by atoms with Crippen LogP contribution in [0.15, 0.2) is 27.6 Å². The van der Waals surface area contributed by atoms with Gasteiger partial charge in [0.25, 0.3) is 5.91 Å². The molecule has 2 N–H and O–H groups in total. The number of nitrogens with zero attached hydrogens (tertiary/aromatic N) is 2. The van der Waals surface area contributed by atoms with E-state index in [-0.39, 0.29) is 27.8 Å². The van der Waals surface area contributed by atoms with Gasteiger partial charge in [0.2, 0.25) is 11.3 Å². The number of nitrogens with one attached hydrogen (secondary N) is 2. The molecule has 0 aliphatic carbocycles. The van der Waals surface area contributed by atoms with Gasteiger partial charge >= 0.3 is 0 Å². The number of halogens is 2. The van der Waals surface area contributed by atoms with E-state index in [2.05, 4.69) is 20.4 Å². The predicted molar refractivity (Wildman–Crippen MR) is 93.4 cm³/mol. The molecule has 2 aromatic heterocycles. The molecule has 0 fully saturated rings. The summed E-state index contributed by atoms with van der Waals surface area (Å²) in [4.78, 5) is 31.7. The molecule has 0 radical (unpaired) electrons. The van der Waals surface area contributed by atoms with Crippen LogP contribution in [0.1, 0.15) is 55.8 Å². The Morgan fingerprint density at radius 1 is 1.30 bits per heavy atom. The van der Waals surface area contributed by atoms with Crippen LogP contribution in [0.3, 0.4) is 0 Å². The maximum atomic E-state index is 13.8. The molecule has 1 amide bonds. The molecular weight excluding hydrogens is 358 g/mol. The first-order chi connectivity index (χ1) is 12.6. The van der Waals surface area contributed by atoms with Crippen molar-refractivity contribution in [1.29, 1.82) is 0 Å². The van der Waals surface area contributed by atoms with Gasteiger partial charge in [-0.2, -0.15) is 4.98 Å². The molecule has 0 aliphatic heterocycles. The quantitative estimate of drug-likeness (QED) is 0.732. The second-order valence-corrected chi connectivity index (χ2v) is 7.24. The van der Waals surface area contributed by atoms with E-state index in [1.807, 2.05) is 20.8 Å². The molecular formula is C18H18F2N4O3. The summed E-state index contributed by atoms with van der Waals surface area (Å²) in [5, 5.41) is 6.20. The summed E-state index contributed by atoms with van der Waals surface area (Å²) < 4.78 is 32.3. The Labute approximate surface area is 152 Å². The van der Waals surface area contributed by atoms with Gasteiger partial charge in [0.15, 0.2) is 5.82 Å². The first-order valence-corrected chi connectivity index (χ1v) is 8.23. The zero-order valence-electron chi connectivity index (χ0n) is 15.2. The van der Waals surface area contributed by atoms with Crippen LogP contribution in [-0.4, -0.2) is 21.0 Å². The number of amides is 1. The summed E-state index contributed by atoms with van der Waals surface area (Å²) in [6, 6.07) is 0.869. The highest BCUT2D eigenvalue weighted by Gasteiger charge is 2.25. The Kier molecular flexibility index (Phi) is 4.54. The van der Waals surface area contributed by atoms with E-state index in [0.717, 1.165) is 12.3 Å². The summed E-state index contributed by atoms with van der Waals surface area (Å²) in [7, 11) is 0. The van der Waals surface area contributed by atoms with Crippen LogP contribution >= 0.6 is 0 Å². The third kappa shape index (κ3) is 3.57. The molecule has 9 heteroatoms. The Bertz CT molecular complexity index is 1080. The minimum Gasteiger partial charge on any atom is -0.358 e. The molecule has 0 unspecified atom stereocenters. The van der Waals surface area contributed by atoms with E-state index in [9.17, 15) is 18.4 Å². The van der Waals surface area contributed by atoms with E-state index in [4.69, 9.17) is 4.52 Å². The third-order valence-corrected chi connectivity index (χ3v) is 3.98. The van der Waals surface area contributed by atoms with Crippen molar-refractivity contribution in [3.05, 3.63) is 57.5 Å². The molecule has 1 atom stereocenters. The van der Waals surface area contributed by atoms with Gasteiger partial charge in [0.1, 0.15) is 23.2 Å². The average molecular weight is 376 g/mol. The van der Waals surface area contributed by atoms with Crippen molar-refractivity contribution in [1.82, 2.24) is 20.4 Å². The fraction of sp³-hybridized carbons (Fsp3) is 0.333. The van der Waals surface area contributed by atoms with Crippen LogP contribution < -0.4 is 10.7 Å².